The predicted octanol–water partition coefficient (Wildman–Crippen LogP) is 5.45. The average Bonchev–Trinajstić information content (AvgIpc) is 3.06. The standard InChI is InChI=1S/C22H15N3/c1-3-7-15(8-4-1)17-11-19-20-12-18(16-9-5-2-6-10-16)14-24-22(20)25-21(19)23-13-17/h1-14H,(H,23,24,25). The van der Waals surface area contributed by atoms with Gasteiger partial charge in [0, 0.05) is 34.3 Å². The van der Waals surface area contributed by atoms with Crippen molar-refractivity contribution in [3.8, 4) is 22.3 Å². The van der Waals surface area contributed by atoms with Gasteiger partial charge in [-0.15, -0.1) is 0 Å². The van der Waals surface area contributed by atoms with Crippen LogP contribution in [-0.4, -0.2) is 15.0 Å². The zero-order valence-corrected chi connectivity index (χ0v) is 13.5. The number of hydrogen-bond donors (Lipinski definition) is 1. The van der Waals surface area contributed by atoms with Crippen LogP contribution in [0.15, 0.2) is 85.2 Å². The number of nitrogens with zero attached hydrogens (tertiary/aromatic N) is 2. The van der Waals surface area contributed by atoms with Crippen LogP contribution in [0.5, 0.6) is 0 Å². The van der Waals surface area contributed by atoms with E-state index in [1.54, 1.807) is 0 Å². The number of fused-ring (bicyclic) bond motifs is 3. The summed E-state index contributed by atoms with van der Waals surface area (Å²) in [4.78, 5) is 12.5. The fraction of sp³-hybridized carbons (Fsp3) is 0. The van der Waals surface area contributed by atoms with Gasteiger partial charge >= 0.3 is 0 Å². The average molecular weight is 321 g/mol. The summed E-state index contributed by atoms with van der Waals surface area (Å²) in [5.74, 6) is 0. The minimum Gasteiger partial charge on any atom is -0.324 e. The lowest BCUT2D eigenvalue weighted by atomic mass is 10.0. The molecule has 3 nitrogen and oxygen atoms in total. The zero-order chi connectivity index (χ0) is 16.6. The minimum absolute atomic E-state index is 0.868. The van der Waals surface area contributed by atoms with Crippen molar-refractivity contribution in [2.75, 3.05) is 0 Å². The third kappa shape index (κ3) is 2.37. The van der Waals surface area contributed by atoms with E-state index in [0.717, 1.165) is 33.2 Å². The van der Waals surface area contributed by atoms with Crippen LogP contribution >= 0.6 is 0 Å². The molecule has 0 saturated carbocycles. The molecule has 0 bridgehead atoms. The Morgan fingerprint density at radius 3 is 1.40 bits per heavy atom. The topological polar surface area (TPSA) is 41.6 Å². The summed E-state index contributed by atoms with van der Waals surface area (Å²) in [6.45, 7) is 0. The molecule has 0 aliphatic carbocycles. The van der Waals surface area contributed by atoms with E-state index >= 15 is 0 Å². The first-order valence-electron chi connectivity index (χ1n) is 8.27. The molecule has 1 N–H and O–H groups in total. The highest BCUT2D eigenvalue weighted by molar-refractivity contribution is 6.06. The molecule has 5 aromatic rings. The van der Waals surface area contributed by atoms with Crippen molar-refractivity contribution >= 4 is 22.1 Å². The maximum absolute atomic E-state index is 4.60. The number of rotatable bonds is 2. The van der Waals surface area contributed by atoms with Gasteiger partial charge < -0.3 is 4.98 Å². The lowest BCUT2D eigenvalue weighted by Crippen LogP contribution is -1.81. The first-order valence-corrected chi connectivity index (χ1v) is 8.27. The summed E-state index contributed by atoms with van der Waals surface area (Å²) in [5.41, 5.74) is 6.29. The molecule has 0 unspecified atom stereocenters. The van der Waals surface area contributed by atoms with Crippen molar-refractivity contribution < 1.29 is 0 Å². The Hall–Kier alpha value is -3.46. The van der Waals surface area contributed by atoms with E-state index in [1.807, 2.05) is 48.8 Å². The summed E-state index contributed by atoms with van der Waals surface area (Å²) >= 11 is 0. The van der Waals surface area contributed by atoms with Gasteiger partial charge in [0.1, 0.15) is 11.3 Å². The molecule has 0 saturated heterocycles. The first kappa shape index (κ1) is 13.9. The number of aromatic nitrogens is 3. The summed E-state index contributed by atoms with van der Waals surface area (Å²) in [5, 5.41) is 2.20. The lowest BCUT2D eigenvalue weighted by molar-refractivity contribution is 1.30. The van der Waals surface area contributed by atoms with Gasteiger partial charge in [-0.25, -0.2) is 9.97 Å². The van der Waals surface area contributed by atoms with Gasteiger partial charge in [0.05, 0.1) is 0 Å². The van der Waals surface area contributed by atoms with Crippen LogP contribution in [0.1, 0.15) is 0 Å². The molecular weight excluding hydrogens is 306 g/mol. The minimum atomic E-state index is 0.868. The number of nitrogens with one attached hydrogen (secondary N) is 1. The van der Waals surface area contributed by atoms with Gasteiger partial charge in [0.2, 0.25) is 0 Å². The van der Waals surface area contributed by atoms with Crippen molar-refractivity contribution in [1.82, 2.24) is 15.0 Å². The molecule has 3 heteroatoms. The first-order chi connectivity index (χ1) is 12.4. The number of benzene rings is 2. The van der Waals surface area contributed by atoms with Gasteiger partial charge in [-0.2, -0.15) is 0 Å². The van der Waals surface area contributed by atoms with Crippen LogP contribution in [0.4, 0.5) is 0 Å². The van der Waals surface area contributed by atoms with Crippen molar-refractivity contribution in [2.45, 2.75) is 0 Å². The molecule has 0 aliphatic heterocycles. The van der Waals surface area contributed by atoms with Gasteiger partial charge in [-0.3, -0.25) is 0 Å². The van der Waals surface area contributed by atoms with Crippen LogP contribution in [0.3, 0.4) is 0 Å². The van der Waals surface area contributed by atoms with Gasteiger partial charge in [0.15, 0.2) is 0 Å². The van der Waals surface area contributed by atoms with Crippen molar-refractivity contribution in [3.05, 3.63) is 85.2 Å². The van der Waals surface area contributed by atoms with Crippen molar-refractivity contribution in [1.29, 1.82) is 0 Å². The van der Waals surface area contributed by atoms with E-state index in [4.69, 9.17) is 0 Å². The molecule has 3 aromatic heterocycles. The van der Waals surface area contributed by atoms with Crippen LogP contribution in [0, 0.1) is 0 Å². The Morgan fingerprint density at radius 1 is 0.520 bits per heavy atom. The molecule has 25 heavy (non-hydrogen) atoms. The summed E-state index contributed by atoms with van der Waals surface area (Å²) in [7, 11) is 0. The molecule has 5 rings (SSSR count). The molecule has 0 radical (unpaired) electrons. The number of hydrogen-bond acceptors (Lipinski definition) is 2. The van der Waals surface area contributed by atoms with Gasteiger partial charge in [-0.1, -0.05) is 60.7 Å². The third-order valence-corrected chi connectivity index (χ3v) is 4.52. The Bertz CT molecular complexity index is 1080. The number of pyridine rings is 2. The quantitative estimate of drug-likeness (QED) is 0.470. The molecule has 118 valence electrons. The maximum atomic E-state index is 4.60. The molecule has 0 fully saturated rings. The molecule has 0 amide bonds. The van der Waals surface area contributed by atoms with E-state index in [2.05, 4.69) is 51.4 Å². The SMILES string of the molecule is c1ccc(-c2cnc3[nH]c4ncc(-c5ccccc5)cc4c3c2)cc1. The highest BCUT2D eigenvalue weighted by Crippen LogP contribution is 2.30. The molecule has 3 heterocycles. The third-order valence-electron chi connectivity index (χ3n) is 4.52. The predicted molar refractivity (Wildman–Crippen MR) is 102 cm³/mol. The monoisotopic (exact) mass is 321 g/mol. The Morgan fingerprint density at radius 2 is 0.960 bits per heavy atom. The number of H-pyrrole nitrogens is 1. The fourth-order valence-corrected chi connectivity index (χ4v) is 3.23. The zero-order valence-electron chi connectivity index (χ0n) is 13.5. The van der Waals surface area contributed by atoms with Crippen LogP contribution in [0.25, 0.3) is 44.3 Å². The van der Waals surface area contributed by atoms with Crippen molar-refractivity contribution in [2.24, 2.45) is 0 Å². The second kappa shape index (κ2) is 5.56. The van der Waals surface area contributed by atoms with Gasteiger partial charge in [0.25, 0.3) is 0 Å². The molecular formula is C22H15N3. The lowest BCUT2D eigenvalue weighted by Gasteiger charge is -2.02. The fourth-order valence-electron chi connectivity index (χ4n) is 3.23. The molecule has 0 atom stereocenters. The van der Waals surface area contributed by atoms with Crippen LogP contribution in [0.2, 0.25) is 0 Å². The highest BCUT2D eigenvalue weighted by Gasteiger charge is 2.10. The second-order valence-electron chi connectivity index (χ2n) is 6.10. The van der Waals surface area contributed by atoms with E-state index in [0.29, 0.717) is 0 Å². The van der Waals surface area contributed by atoms with Crippen LogP contribution < -0.4 is 0 Å². The second-order valence-corrected chi connectivity index (χ2v) is 6.10. The summed E-state index contributed by atoms with van der Waals surface area (Å²) in [6.07, 6.45) is 3.82. The largest absolute Gasteiger partial charge is 0.324 e. The molecule has 0 spiro atoms. The normalized spacial score (nSPS) is 11.2. The Kier molecular flexibility index (Phi) is 3.10. The van der Waals surface area contributed by atoms with E-state index in [9.17, 15) is 0 Å². The maximum Gasteiger partial charge on any atom is 0.139 e. The van der Waals surface area contributed by atoms with Crippen LogP contribution in [-0.2, 0) is 0 Å². The molecule has 0 aliphatic rings. The van der Waals surface area contributed by atoms with E-state index in [1.165, 1.54) is 11.1 Å². The Balaban J connectivity index is 1.73. The van der Waals surface area contributed by atoms with E-state index < -0.39 is 0 Å². The summed E-state index contributed by atoms with van der Waals surface area (Å²) in [6, 6.07) is 25.0. The van der Waals surface area contributed by atoms with Crippen molar-refractivity contribution in [3.63, 3.8) is 0 Å². The molecule has 2 aromatic carbocycles. The smallest absolute Gasteiger partial charge is 0.139 e. The highest BCUT2D eigenvalue weighted by atomic mass is 14.9. The number of aromatic amines is 1. The Labute approximate surface area is 145 Å². The summed E-state index contributed by atoms with van der Waals surface area (Å²) < 4.78 is 0. The van der Waals surface area contributed by atoms with Gasteiger partial charge in [-0.05, 0) is 23.3 Å². The van der Waals surface area contributed by atoms with E-state index in [-0.39, 0.29) is 0 Å².